The zero-order valence-electron chi connectivity index (χ0n) is 13.8. The van der Waals surface area contributed by atoms with Crippen molar-refractivity contribution in [3.8, 4) is 16.3 Å². The molecule has 2 aromatic carbocycles. The zero-order valence-corrected chi connectivity index (χ0v) is 16.1. The number of carbonyl (C=O) groups is 1. The summed E-state index contributed by atoms with van der Waals surface area (Å²) in [5.74, 6) is 0.0442. The SMILES string of the molecule is CCC(Oc1cc(Cl)ccc1Cl)C(=O)Nc1nnc(-c2ccccc2)s1. The van der Waals surface area contributed by atoms with Gasteiger partial charge in [0.1, 0.15) is 10.8 Å². The Morgan fingerprint density at radius 1 is 1.19 bits per heavy atom. The summed E-state index contributed by atoms with van der Waals surface area (Å²) >= 11 is 13.4. The number of benzene rings is 2. The second-order valence-electron chi connectivity index (χ2n) is 5.36. The van der Waals surface area contributed by atoms with Crippen molar-refractivity contribution in [2.24, 2.45) is 0 Å². The summed E-state index contributed by atoms with van der Waals surface area (Å²) in [6.07, 6.45) is -0.269. The minimum Gasteiger partial charge on any atom is -0.479 e. The average Bonchev–Trinajstić information content (AvgIpc) is 3.11. The van der Waals surface area contributed by atoms with Crippen LogP contribution in [0.4, 0.5) is 5.13 Å². The Hall–Kier alpha value is -2.15. The van der Waals surface area contributed by atoms with Gasteiger partial charge in [-0.25, -0.2) is 0 Å². The van der Waals surface area contributed by atoms with Crippen molar-refractivity contribution in [3.05, 3.63) is 58.6 Å². The molecule has 0 saturated carbocycles. The lowest BCUT2D eigenvalue weighted by atomic mass is 10.2. The first-order chi connectivity index (χ1) is 12.6. The monoisotopic (exact) mass is 407 g/mol. The van der Waals surface area contributed by atoms with E-state index in [1.54, 1.807) is 18.2 Å². The Morgan fingerprint density at radius 2 is 1.96 bits per heavy atom. The van der Waals surface area contributed by atoms with E-state index < -0.39 is 6.10 Å². The maximum Gasteiger partial charge on any atom is 0.267 e. The van der Waals surface area contributed by atoms with Crippen molar-refractivity contribution in [3.63, 3.8) is 0 Å². The molecule has 1 amide bonds. The molecule has 1 unspecified atom stereocenters. The van der Waals surface area contributed by atoms with Gasteiger partial charge in [0, 0.05) is 16.7 Å². The van der Waals surface area contributed by atoms with Crippen molar-refractivity contribution in [1.29, 1.82) is 0 Å². The maximum atomic E-state index is 12.5. The maximum absolute atomic E-state index is 12.5. The Balaban J connectivity index is 1.70. The van der Waals surface area contributed by atoms with Gasteiger partial charge in [-0.3, -0.25) is 10.1 Å². The largest absolute Gasteiger partial charge is 0.479 e. The third kappa shape index (κ3) is 4.52. The summed E-state index contributed by atoms with van der Waals surface area (Å²) in [5, 5.41) is 12.9. The molecule has 5 nitrogen and oxygen atoms in total. The van der Waals surface area contributed by atoms with Gasteiger partial charge in [-0.2, -0.15) is 0 Å². The van der Waals surface area contributed by atoms with Gasteiger partial charge in [0.2, 0.25) is 5.13 Å². The highest BCUT2D eigenvalue weighted by molar-refractivity contribution is 7.18. The van der Waals surface area contributed by atoms with Crippen molar-refractivity contribution >= 4 is 45.6 Å². The van der Waals surface area contributed by atoms with E-state index in [9.17, 15) is 4.79 Å². The van der Waals surface area contributed by atoms with Gasteiger partial charge >= 0.3 is 0 Å². The van der Waals surface area contributed by atoms with Crippen LogP contribution in [0.15, 0.2) is 48.5 Å². The lowest BCUT2D eigenvalue weighted by Crippen LogP contribution is -2.32. The van der Waals surface area contributed by atoms with E-state index >= 15 is 0 Å². The molecule has 26 heavy (non-hydrogen) atoms. The van der Waals surface area contributed by atoms with Crippen molar-refractivity contribution in [2.45, 2.75) is 19.4 Å². The Kier molecular flexibility index (Phi) is 6.08. The van der Waals surface area contributed by atoms with Crippen LogP contribution in [-0.4, -0.2) is 22.2 Å². The lowest BCUT2D eigenvalue weighted by Gasteiger charge is -2.17. The molecule has 0 aliphatic carbocycles. The highest BCUT2D eigenvalue weighted by atomic mass is 35.5. The van der Waals surface area contributed by atoms with Crippen LogP contribution in [0.3, 0.4) is 0 Å². The Labute approximate surface area is 164 Å². The van der Waals surface area contributed by atoms with Gasteiger partial charge in [-0.05, 0) is 18.6 Å². The molecular weight excluding hydrogens is 393 g/mol. The van der Waals surface area contributed by atoms with Gasteiger partial charge < -0.3 is 4.74 Å². The van der Waals surface area contributed by atoms with Crippen LogP contribution in [0.2, 0.25) is 10.0 Å². The summed E-state index contributed by atoms with van der Waals surface area (Å²) in [4.78, 5) is 12.5. The van der Waals surface area contributed by atoms with Crippen LogP contribution >= 0.6 is 34.5 Å². The van der Waals surface area contributed by atoms with Crippen LogP contribution in [0.25, 0.3) is 10.6 Å². The normalized spacial score (nSPS) is 11.8. The zero-order chi connectivity index (χ0) is 18.5. The predicted octanol–water partition coefficient (Wildman–Crippen LogP) is 5.31. The quantitative estimate of drug-likeness (QED) is 0.601. The molecular formula is C18H15Cl2N3O2S. The molecule has 1 atom stereocenters. The van der Waals surface area contributed by atoms with E-state index in [0.29, 0.717) is 27.3 Å². The number of rotatable bonds is 6. The van der Waals surface area contributed by atoms with Gasteiger partial charge in [0.05, 0.1) is 5.02 Å². The summed E-state index contributed by atoms with van der Waals surface area (Å²) in [6, 6.07) is 14.5. The standard InChI is InChI=1S/C18H15Cl2N3O2S/c1-2-14(25-15-10-12(19)8-9-13(15)20)16(24)21-18-23-22-17(26-18)11-6-4-3-5-7-11/h3-10,14H,2H2,1H3,(H,21,23,24). The molecule has 0 fully saturated rings. The first-order valence-corrected chi connectivity index (χ1v) is 9.45. The number of halogens is 2. The number of carbonyl (C=O) groups excluding carboxylic acids is 1. The van der Waals surface area contributed by atoms with E-state index in [4.69, 9.17) is 27.9 Å². The summed E-state index contributed by atoms with van der Waals surface area (Å²) in [7, 11) is 0. The third-order valence-electron chi connectivity index (χ3n) is 3.50. The number of nitrogens with one attached hydrogen (secondary N) is 1. The summed E-state index contributed by atoms with van der Waals surface area (Å²) in [6.45, 7) is 1.85. The third-order valence-corrected chi connectivity index (χ3v) is 4.94. The minimum absolute atomic E-state index is 0.320. The number of amides is 1. The fourth-order valence-electron chi connectivity index (χ4n) is 2.20. The molecule has 0 radical (unpaired) electrons. The average molecular weight is 408 g/mol. The van der Waals surface area contributed by atoms with E-state index in [0.717, 1.165) is 10.6 Å². The molecule has 0 aliphatic heterocycles. The van der Waals surface area contributed by atoms with Crippen LogP contribution in [0, 0.1) is 0 Å². The van der Waals surface area contributed by atoms with Crippen molar-refractivity contribution in [1.82, 2.24) is 10.2 Å². The molecule has 3 rings (SSSR count). The molecule has 134 valence electrons. The Morgan fingerprint density at radius 3 is 2.69 bits per heavy atom. The van der Waals surface area contributed by atoms with Crippen LogP contribution < -0.4 is 10.1 Å². The van der Waals surface area contributed by atoms with Gasteiger partial charge in [0.25, 0.3) is 5.91 Å². The first-order valence-electron chi connectivity index (χ1n) is 7.88. The van der Waals surface area contributed by atoms with Gasteiger partial charge in [-0.1, -0.05) is 71.8 Å². The summed E-state index contributed by atoms with van der Waals surface area (Å²) in [5.41, 5.74) is 0.944. The predicted molar refractivity (Wildman–Crippen MR) is 105 cm³/mol. The fourth-order valence-corrected chi connectivity index (χ4v) is 3.28. The number of aromatic nitrogens is 2. The smallest absolute Gasteiger partial charge is 0.267 e. The van der Waals surface area contributed by atoms with E-state index in [1.165, 1.54) is 11.3 Å². The number of hydrogen-bond acceptors (Lipinski definition) is 5. The molecule has 1 heterocycles. The molecule has 8 heteroatoms. The van der Waals surface area contributed by atoms with E-state index in [2.05, 4.69) is 15.5 Å². The summed E-state index contributed by atoms with van der Waals surface area (Å²) < 4.78 is 5.73. The molecule has 0 bridgehead atoms. The molecule has 1 aromatic heterocycles. The molecule has 0 saturated heterocycles. The first kappa shape index (κ1) is 18.6. The lowest BCUT2D eigenvalue weighted by molar-refractivity contribution is -0.122. The number of anilines is 1. The van der Waals surface area contributed by atoms with Crippen molar-refractivity contribution < 1.29 is 9.53 Å². The highest BCUT2D eigenvalue weighted by Gasteiger charge is 2.21. The second kappa shape index (κ2) is 8.49. The molecule has 0 spiro atoms. The number of ether oxygens (including phenoxy) is 1. The highest BCUT2D eigenvalue weighted by Crippen LogP contribution is 2.30. The Bertz CT molecular complexity index is 902. The molecule has 0 aliphatic rings. The van der Waals surface area contributed by atoms with Crippen LogP contribution in [0.1, 0.15) is 13.3 Å². The van der Waals surface area contributed by atoms with Gasteiger partial charge in [-0.15, -0.1) is 10.2 Å². The molecule has 3 aromatic rings. The van der Waals surface area contributed by atoms with Crippen LogP contribution in [-0.2, 0) is 4.79 Å². The van der Waals surface area contributed by atoms with Crippen LogP contribution in [0.5, 0.6) is 5.75 Å². The fraction of sp³-hybridized carbons (Fsp3) is 0.167. The van der Waals surface area contributed by atoms with Crippen molar-refractivity contribution in [2.75, 3.05) is 5.32 Å². The number of nitrogens with zero attached hydrogens (tertiary/aromatic N) is 2. The van der Waals surface area contributed by atoms with E-state index in [1.807, 2.05) is 37.3 Å². The number of hydrogen-bond donors (Lipinski definition) is 1. The molecule has 1 N–H and O–H groups in total. The van der Waals surface area contributed by atoms with E-state index in [-0.39, 0.29) is 5.91 Å². The van der Waals surface area contributed by atoms with Gasteiger partial charge in [0.15, 0.2) is 6.10 Å². The minimum atomic E-state index is -0.727. The topological polar surface area (TPSA) is 64.1 Å². The second-order valence-corrected chi connectivity index (χ2v) is 7.18.